The number of hydrogen-bond donors (Lipinski definition) is 1. The van der Waals surface area contributed by atoms with Gasteiger partial charge in [0.1, 0.15) is 5.75 Å². The van der Waals surface area contributed by atoms with Crippen LogP contribution in [0.3, 0.4) is 0 Å². The Morgan fingerprint density at radius 3 is 2.64 bits per heavy atom. The lowest BCUT2D eigenvalue weighted by Gasteiger charge is -2.33. The summed E-state index contributed by atoms with van der Waals surface area (Å²) < 4.78 is 43.2. The van der Waals surface area contributed by atoms with Crippen LogP contribution in [-0.4, -0.2) is 42.9 Å². The number of halogens is 3. The van der Waals surface area contributed by atoms with E-state index in [2.05, 4.69) is 0 Å². The van der Waals surface area contributed by atoms with E-state index in [4.69, 9.17) is 4.74 Å². The maximum atomic E-state index is 12.7. The average molecular weight is 317 g/mol. The summed E-state index contributed by atoms with van der Waals surface area (Å²) in [6.07, 6.45) is -2.17. The first kappa shape index (κ1) is 17.1. The molecule has 124 valence electrons. The number of ether oxygens (including phenoxy) is 1. The lowest BCUT2D eigenvalue weighted by Crippen LogP contribution is -2.41. The van der Waals surface area contributed by atoms with Gasteiger partial charge in [-0.05, 0) is 36.5 Å². The Bertz CT molecular complexity index is 475. The van der Waals surface area contributed by atoms with Gasteiger partial charge in [0.2, 0.25) is 0 Å². The van der Waals surface area contributed by atoms with Crippen LogP contribution in [0.1, 0.15) is 30.9 Å². The fourth-order valence-electron chi connectivity index (χ4n) is 2.70. The van der Waals surface area contributed by atoms with Gasteiger partial charge >= 0.3 is 6.18 Å². The van der Waals surface area contributed by atoms with Crippen molar-refractivity contribution in [2.24, 2.45) is 5.92 Å². The van der Waals surface area contributed by atoms with Crippen molar-refractivity contribution >= 4 is 0 Å². The first-order valence-corrected chi connectivity index (χ1v) is 7.48. The second kappa shape index (κ2) is 7.33. The number of hydrogen-bond acceptors (Lipinski definition) is 3. The molecule has 1 aliphatic carbocycles. The second-order valence-electron chi connectivity index (χ2n) is 5.90. The molecule has 1 atom stereocenters. The van der Waals surface area contributed by atoms with Gasteiger partial charge in [0.15, 0.2) is 0 Å². The van der Waals surface area contributed by atoms with Crippen molar-refractivity contribution in [1.29, 1.82) is 0 Å². The van der Waals surface area contributed by atoms with Crippen molar-refractivity contribution in [2.45, 2.75) is 31.5 Å². The molecule has 0 heterocycles. The van der Waals surface area contributed by atoms with E-state index in [0.29, 0.717) is 23.8 Å². The number of aliphatic hydroxyl groups excluding tert-OH is 1. The third kappa shape index (κ3) is 5.18. The van der Waals surface area contributed by atoms with Crippen LogP contribution >= 0.6 is 0 Å². The van der Waals surface area contributed by atoms with Gasteiger partial charge in [-0.15, -0.1) is 0 Å². The molecular formula is C16H22F3NO2. The fraction of sp³-hybridized carbons (Fsp3) is 0.625. The van der Waals surface area contributed by atoms with E-state index in [9.17, 15) is 18.3 Å². The van der Waals surface area contributed by atoms with Crippen molar-refractivity contribution in [3.8, 4) is 5.75 Å². The smallest absolute Gasteiger partial charge is 0.401 e. The predicted octanol–water partition coefficient (Wildman–Crippen LogP) is 3.39. The van der Waals surface area contributed by atoms with E-state index >= 15 is 0 Å². The van der Waals surface area contributed by atoms with Crippen LogP contribution in [0.2, 0.25) is 0 Å². The highest BCUT2D eigenvalue weighted by Gasteiger charge is 2.33. The molecule has 6 heteroatoms. The summed E-state index contributed by atoms with van der Waals surface area (Å²) >= 11 is 0. The Kier molecular flexibility index (Phi) is 5.69. The van der Waals surface area contributed by atoms with Gasteiger partial charge in [0, 0.05) is 13.1 Å². The summed E-state index contributed by atoms with van der Waals surface area (Å²) in [6.45, 7) is -0.617. The minimum Gasteiger partial charge on any atom is -0.497 e. The average Bonchev–Trinajstić information content (AvgIpc) is 2.41. The third-order valence-electron chi connectivity index (χ3n) is 4.05. The lowest BCUT2D eigenvalue weighted by molar-refractivity contribution is -0.150. The van der Waals surface area contributed by atoms with Crippen molar-refractivity contribution in [3.63, 3.8) is 0 Å². The number of benzene rings is 1. The van der Waals surface area contributed by atoms with Crippen LogP contribution < -0.4 is 4.74 Å². The van der Waals surface area contributed by atoms with Crippen molar-refractivity contribution in [2.75, 3.05) is 26.7 Å². The van der Waals surface area contributed by atoms with Gasteiger partial charge in [-0.1, -0.05) is 18.6 Å². The summed E-state index contributed by atoms with van der Waals surface area (Å²) in [5.41, 5.74) is 0.570. The molecule has 1 aliphatic rings. The number of rotatable bonds is 7. The first-order valence-electron chi connectivity index (χ1n) is 7.48. The fourth-order valence-corrected chi connectivity index (χ4v) is 2.70. The molecule has 0 amide bonds. The predicted molar refractivity (Wildman–Crippen MR) is 77.8 cm³/mol. The largest absolute Gasteiger partial charge is 0.497 e. The summed E-state index contributed by atoms with van der Waals surface area (Å²) in [7, 11) is 1.51. The summed E-state index contributed by atoms with van der Waals surface area (Å²) in [4.78, 5) is 1.31. The highest BCUT2D eigenvalue weighted by atomic mass is 19.4. The standard InChI is InChI=1S/C16H22F3NO2/c1-22-14-7-3-6-13(8-14)15(21)10-20(11-16(17,18)19)9-12-4-2-5-12/h3,6-8,12,15,21H,2,4-5,9-11H2,1H3. The minimum absolute atomic E-state index is 0.0246. The van der Waals surface area contributed by atoms with E-state index in [0.717, 1.165) is 19.3 Å². The van der Waals surface area contributed by atoms with Crippen molar-refractivity contribution in [1.82, 2.24) is 4.90 Å². The zero-order valence-corrected chi connectivity index (χ0v) is 12.6. The highest BCUT2D eigenvalue weighted by molar-refractivity contribution is 5.29. The first-order chi connectivity index (χ1) is 10.4. The van der Waals surface area contributed by atoms with Gasteiger partial charge < -0.3 is 9.84 Å². The molecule has 1 unspecified atom stereocenters. The van der Waals surface area contributed by atoms with E-state index in [-0.39, 0.29) is 6.54 Å². The summed E-state index contributed by atoms with van der Waals surface area (Å²) in [6, 6.07) is 6.80. The highest BCUT2D eigenvalue weighted by Crippen LogP contribution is 2.29. The zero-order chi connectivity index (χ0) is 16.2. The SMILES string of the molecule is COc1cccc(C(O)CN(CC2CCC2)CC(F)(F)F)c1. The molecule has 1 aromatic rings. The Hall–Kier alpha value is -1.27. The van der Waals surface area contributed by atoms with Crippen LogP contribution in [0, 0.1) is 5.92 Å². The topological polar surface area (TPSA) is 32.7 Å². The Morgan fingerprint density at radius 2 is 2.09 bits per heavy atom. The molecule has 1 aromatic carbocycles. The second-order valence-corrected chi connectivity index (χ2v) is 5.90. The van der Waals surface area contributed by atoms with Crippen molar-refractivity contribution in [3.05, 3.63) is 29.8 Å². The van der Waals surface area contributed by atoms with E-state index < -0.39 is 18.8 Å². The molecule has 1 fully saturated rings. The van der Waals surface area contributed by atoms with Crippen LogP contribution in [0.4, 0.5) is 13.2 Å². The molecule has 0 saturated heterocycles. The number of methoxy groups -OCH3 is 1. The summed E-state index contributed by atoms with van der Waals surface area (Å²) in [5, 5.41) is 10.2. The number of nitrogens with zero attached hydrogens (tertiary/aromatic N) is 1. The maximum Gasteiger partial charge on any atom is 0.401 e. The Balaban J connectivity index is 2.00. The maximum absolute atomic E-state index is 12.7. The molecule has 22 heavy (non-hydrogen) atoms. The Labute approximate surface area is 128 Å². The molecular weight excluding hydrogens is 295 g/mol. The molecule has 0 aromatic heterocycles. The molecule has 3 nitrogen and oxygen atoms in total. The molecule has 0 aliphatic heterocycles. The zero-order valence-electron chi connectivity index (χ0n) is 12.6. The number of alkyl halides is 3. The molecule has 1 saturated carbocycles. The Morgan fingerprint density at radius 1 is 1.36 bits per heavy atom. The van der Waals surface area contributed by atoms with Crippen LogP contribution in [-0.2, 0) is 0 Å². The van der Waals surface area contributed by atoms with Crippen LogP contribution in [0.15, 0.2) is 24.3 Å². The normalized spacial score (nSPS) is 17.4. The minimum atomic E-state index is -4.25. The molecule has 0 radical (unpaired) electrons. The van der Waals surface area contributed by atoms with E-state index in [1.165, 1.54) is 12.0 Å². The molecule has 2 rings (SSSR count). The third-order valence-corrected chi connectivity index (χ3v) is 4.05. The van der Waals surface area contributed by atoms with Gasteiger partial charge in [0.05, 0.1) is 19.8 Å². The van der Waals surface area contributed by atoms with Crippen LogP contribution in [0.5, 0.6) is 5.75 Å². The quantitative estimate of drug-likeness (QED) is 0.837. The molecule has 1 N–H and O–H groups in total. The van der Waals surface area contributed by atoms with Gasteiger partial charge in [0.25, 0.3) is 0 Å². The summed E-state index contributed by atoms with van der Waals surface area (Å²) in [5.74, 6) is 0.901. The van der Waals surface area contributed by atoms with E-state index in [1.54, 1.807) is 24.3 Å². The van der Waals surface area contributed by atoms with Gasteiger partial charge in [-0.2, -0.15) is 13.2 Å². The van der Waals surface area contributed by atoms with Crippen molar-refractivity contribution < 1.29 is 23.0 Å². The van der Waals surface area contributed by atoms with Gasteiger partial charge in [-0.3, -0.25) is 4.90 Å². The number of aliphatic hydroxyl groups is 1. The van der Waals surface area contributed by atoms with Gasteiger partial charge in [-0.25, -0.2) is 0 Å². The van der Waals surface area contributed by atoms with E-state index in [1.807, 2.05) is 0 Å². The monoisotopic (exact) mass is 317 g/mol. The lowest BCUT2D eigenvalue weighted by atomic mass is 9.85. The van der Waals surface area contributed by atoms with Crippen LogP contribution in [0.25, 0.3) is 0 Å². The molecule has 0 bridgehead atoms. The molecule has 0 spiro atoms.